The number of rotatable bonds is 6. The number of fused-ring (bicyclic) bond motifs is 3. The fraction of sp³-hybridized carbons (Fsp3) is 0.208. The maximum absolute atomic E-state index is 12.6. The van der Waals surface area contributed by atoms with Gasteiger partial charge in [0.15, 0.2) is 0 Å². The molecule has 0 aliphatic rings. The molecule has 4 aromatic rings. The van der Waals surface area contributed by atoms with Crippen molar-refractivity contribution in [2.24, 2.45) is 0 Å². The molecule has 0 fully saturated rings. The molecule has 0 aliphatic carbocycles. The van der Waals surface area contributed by atoms with Gasteiger partial charge in [0, 0.05) is 34.9 Å². The predicted molar refractivity (Wildman–Crippen MR) is 119 cm³/mol. The average Bonchev–Trinajstić information content (AvgIpc) is 3.13. The van der Waals surface area contributed by atoms with Crippen LogP contribution in [-0.2, 0) is 0 Å². The minimum atomic E-state index is -0.212. The molecule has 4 rings (SSSR count). The minimum Gasteiger partial charge on any atom is -0.353 e. The first-order valence-corrected chi connectivity index (χ1v) is 10.0. The van der Waals surface area contributed by atoms with Gasteiger partial charge < -0.3 is 15.6 Å². The fourth-order valence-electron chi connectivity index (χ4n) is 3.63. The summed E-state index contributed by atoms with van der Waals surface area (Å²) in [6.07, 6.45) is 0.637. The quantitative estimate of drug-likeness (QED) is 0.429. The molecule has 0 atom stereocenters. The number of nitrogens with one attached hydrogen (secondary N) is 3. The van der Waals surface area contributed by atoms with Crippen molar-refractivity contribution in [3.8, 4) is 0 Å². The zero-order valence-electron chi connectivity index (χ0n) is 17.1. The van der Waals surface area contributed by atoms with Gasteiger partial charge in [-0.3, -0.25) is 9.59 Å². The second-order valence-electron chi connectivity index (χ2n) is 7.37. The molecule has 2 heterocycles. The summed E-state index contributed by atoms with van der Waals surface area (Å²) in [4.78, 5) is 32.6. The van der Waals surface area contributed by atoms with Crippen molar-refractivity contribution in [1.29, 1.82) is 0 Å². The van der Waals surface area contributed by atoms with Crippen LogP contribution in [0.5, 0.6) is 0 Å². The van der Waals surface area contributed by atoms with Crippen molar-refractivity contribution < 1.29 is 9.59 Å². The zero-order valence-corrected chi connectivity index (χ0v) is 17.1. The van der Waals surface area contributed by atoms with Crippen LogP contribution in [0.1, 0.15) is 38.5 Å². The fourth-order valence-corrected chi connectivity index (χ4v) is 3.63. The van der Waals surface area contributed by atoms with Crippen LogP contribution in [-0.4, -0.2) is 34.9 Å². The third-order valence-electron chi connectivity index (χ3n) is 5.22. The molecule has 152 valence electrons. The topological polar surface area (TPSA) is 86.9 Å². The van der Waals surface area contributed by atoms with Gasteiger partial charge >= 0.3 is 0 Å². The number of carbonyl (C=O) groups excluding carboxylic acids is 2. The highest BCUT2D eigenvalue weighted by atomic mass is 16.2. The van der Waals surface area contributed by atoms with Gasteiger partial charge in [-0.15, -0.1) is 0 Å². The van der Waals surface area contributed by atoms with Gasteiger partial charge in [0.05, 0.1) is 11.2 Å². The summed E-state index contributed by atoms with van der Waals surface area (Å²) >= 11 is 0. The summed E-state index contributed by atoms with van der Waals surface area (Å²) in [7, 11) is 0. The van der Waals surface area contributed by atoms with Crippen LogP contribution in [0.25, 0.3) is 21.8 Å². The lowest BCUT2D eigenvalue weighted by Gasteiger charge is -2.09. The Hall–Kier alpha value is -3.67. The van der Waals surface area contributed by atoms with Crippen LogP contribution < -0.4 is 10.6 Å². The van der Waals surface area contributed by atoms with E-state index in [2.05, 4.69) is 20.6 Å². The first kappa shape index (κ1) is 19.6. The van der Waals surface area contributed by atoms with E-state index in [4.69, 9.17) is 0 Å². The molecule has 3 N–H and O–H groups in total. The Bertz CT molecular complexity index is 1240. The normalized spacial score (nSPS) is 11.0. The van der Waals surface area contributed by atoms with Gasteiger partial charge in [-0.05, 0) is 44.0 Å². The van der Waals surface area contributed by atoms with Crippen LogP contribution in [0.4, 0.5) is 0 Å². The molecular weight excluding hydrogens is 376 g/mol. The molecule has 0 bridgehead atoms. The number of hydrogen-bond acceptors (Lipinski definition) is 3. The largest absolute Gasteiger partial charge is 0.353 e. The number of aryl methyl sites for hydroxylation is 2. The van der Waals surface area contributed by atoms with E-state index >= 15 is 0 Å². The zero-order chi connectivity index (χ0) is 21.1. The van der Waals surface area contributed by atoms with Crippen molar-refractivity contribution in [2.75, 3.05) is 13.1 Å². The van der Waals surface area contributed by atoms with E-state index in [9.17, 15) is 9.59 Å². The van der Waals surface area contributed by atoms with Crippen LogP contribution in [0.2, 0.25) is 0 Å². The third kappa shape index (κ3) is 3.89. The number of para-hydroxylation sites is 1. The van der Waals surface area contributed by atoms with Crippen LogP contribution in [0.15, 0.2) is 54.6 Å². The second-order valence-corrected chi connectivity index (χ2v) is 7.37. The molecule has 0 spiro atoms. The molecule has 2 aromatic heterocycles. The highest BCUT2D eigenvalue weighted by molar-refractivity contribution is 6.10. The van der Waals surface area contributed by atoms with Crippen molar-refractivity contribution >= 4 is 33.6 Å². The molecule has 0 unspecified atom stereocenters. The highest BCUT2D eigenvalue weighted by Gasteiger charge is 2.13. The van der Waals surface area contributed by atoms with Crippen molar-refractivity contribution in [3.05, 3.63) is 77.1 Å². The molecule has 2 aromatic carbocycles. The Morgan fingerprint density at radius 3 is 2.40 bits per heavy atom. The smallest absolute Gasteiger partial charge is 0.269 e. The van der Waals surface area contributed by atoms with Gasteiger partial charge in [0.2, 0.25) is 0 Å². The monoisotopic (exact) mass is 400 g/mol. The van der Waals surface area contributed by atoms with Crippen LogP contribution in [0, 0.1) is 13.8 Å². The van der Waals surface area contributed by atoms with Crippen molar-refractivity contribution in [2.45, 2.75) is 20.3 Å². The number of aromatic amines is 1. The lowest BCUT2D eigenvalue weighted by molar-refractivity contribution is 0.0948. The van der Waals surface area contributed by atoms with Gasteiger partial charge in [0.1, 0.15) is 5.69 Å². The molecular formula is C24H24N4O2. The number of amides is 2. The Morgan fingerprint density at radius 1 is 0.900 bits per heavy atom. The van der Waals surface area contributed by atoms with Gasteiger partial charge in [-0.1, -0.05) is 36.4 Å². The molecule has 6 heteroatoms. The van der Waals surface area contributed by atoms with E-state index in [1.807, 2.05) is 62.4 Å². The van der Waals surface area contributed by atoms with Crippen LogP contribution in [0.3, 0.4) is 0 Å². The maximum Gasteiger partial charge on any atom is 0.269 e. The summed E-state index contributed by atoms with van der Waals surface area (Å²) in [5.74, 6) is -0.308. The van der Waals surface area contributed by atoms with E-state index in [0.717, 1.165) is 33.1 Å². The number of benzene rings is 2. The van der Waals surface area contributed by atoms with E-state index < -0.39 is 0 Å². The number of hydrogen-bond donors (Lipinski definition) is 3. The molecule has 6 nitrogen and oxygen atoms in total. The Kier molecular flexibility index (Phi) is 5.48. The van der Waals surface area contributed by atoms with Crippen molar-refractivity contribution in [3.63, 3.8) is 0 Å². The Labute approximate surface area is 174 Å². The number of carbonyl (C=O) groups is 2. The summed E-state index contributed by atoms with van der Waals surface area (Å²) in [5, 5.41) is 7.86. The third-order valence-corrected chi connectivity index (χ3v) is 5.22. The number of aromatic nitrogens is 2. The number of H-pyrrole nitrogens is 1. The SMILES string of the molecule is Cc1ccccc1C(=O)NCCCNC(=O)c1cc2c([nH]c3ccccc32)c(C)n1. The van der Waals surface area contributed by atoms with E-state index in [1.165, 1.54) is 0 Å². The molecule has 0 aliphatic heterocycles. The molecule has 0 radical (unpaired) electrons. The highest BCUT2D eigenvalue weighted by Crippen LogP contribution is 2.27. The standard InChI is InChI=1S/C24H24N4O2/c1-15-8-3-4-9-17(15)23(29)25-12-7-13-26-24(30)21-14-19-18-10-5-6-11-20(18)28-22(19)16(2)27-21/h3-6,8-11,14,28H,7,12-13H2,1-2H3,(H,25,29)(H,26,30). The van der Waals surface area contributed by atoms with Gasteiger partial charge in [-0.25, -0.2) is 4.98 Å². The molecule has 30 heavy (non-hydrogen) atoms. The predicted octanol–water partition coefficient (Wildman–Crippen LogP) is 3.88. The van der Waals surface area contributed by atoms with E-state index in [1.54, 1.807) is 6.07 Å². The first-order valence-electron chi connectivity index (χ1n) is 10.0. The summed E-state index contributed by atoms with van der Waals surface area (Å²) in [6.45, 7) is 4.76. The van der Waals surface area contributed by atoms with Crippen molar-refractivity contribution in [1.82, 2.24) is 20.6 Å². The minimum absolute atomic E-state index is 0.0958. The van der Waals surface area contributed by atoms with E-state index in [-0.39, 0.29) is 11.8 Å². The van der Waals surface area contributed by atoms with E-state index in [0.29, 0.717) is 30.8 Å². The first-order chi connectivity index (χ1) is 14.5. The van der Waals surface area contributed by atoms with Crippen LogP contribution >= 0.6 is 0 Å². The number of nitrogens with zero attached hydrogens (tertiary/aromatic N) is 1. The molecule has 0 saturated heterocycles. The summed E-state index contributed by atoms with van der Waals surface area (Å²) in [6, 6.07) is 17.3. The average molecular weight is 400 g/mol. The molecule has 0 saturated carbocycles. The summed E-state index contributed by atoms with van der Waals surface area (Å²) < 4.78 is 0. The number of pyridine rings is 1. The van der Waals surface area contributed by atoms with Gasteiger partial charge in [0.25, 0.3) is 11.8 Å². The maximum atomic E-state index is 12.6. The lowest BCUT2D eigenvalue weighted by atomic mass is 10.1. The lowest BCUT2D eigenvalue weighted by Crippen LogP contribution is -2.30. The van der Waals surface area contributed by atoms with Gasteiger partial charge in [-0.2, -0.15) is 0 Å². The summed E-state index contributed by atoms with van der Waals surface area (Å²) in [5.41, 5.74) is 4.78. The Morgan fingerprint density at radius 2 is 1.60 bits per heavy atom. The second kappa shape index (κ2) is 8.37. The Balaban J connectivity index is 1.35. The molecule has 2 amide bonds.